The lowest BCUT2D eigenvalue weighted by molar-refractivity contribution is -0.150. The number of likely N-dealkylation sites (tertiary alicyclic amines) is 1. The average molecular weight is 379 g/mol. The molecule has 0 unspecified atom stereocenters. The summed E-state index contributed by atoms with van der Waals surface area (Å²) in [5.74, 6) is -0.464. The normalized spacial score (nSPS) is 20.9. The number of carbonyl (C=O) groups excluding carboxylic acids is 2. The van der Waals surface area contributed by atoms with Crippen LogP contribution in [0.3, 0.4) is 0 Å². The number of nitrogens with zero attached hydrogens (tertiary/aromatic N) is 2. The van der Waals surface area contributed by atoms with Crippen molar-refractivity contribution in [2.24, 2.45) is 10.3 Å². The van der Waals surface area contributed by atoms with Gasteiger partial charge in [-0.1, -0.05) is 12.1 Å². The summed E-state index contributed by atoms with van der Waals surface area (Å²) < 4.78 is 33.6. The van der Waals surface area contributed by atoms with E-state index in [0.29, 0.717) is 30.9 Å². The molecule has 0 radical (unpaired) electrons. The molecule has 1 saturated heterocycles. The number of fused-ring (bicyclic) bond motifs is 1. The van der Waals surface area contributed by atoms with Crippen LogP contribution in [0.1, 0.15) is 25.3 Å². The standard InChI is InChI=1S/C17H21N3O5S/c1-12(21)18-8-10-25-17(22)13-5-4-9-20(11-13)16-14-6-2-3-7-15(14)26(23,24)19-16/h2-3,6-7,13H,4-5,8-11H2,1H3,(H,18,21)/t13-/m1/s1. The van der Waals surface area contributed by atoms with Crippen molar-refractivity contribution in [2.45, 2.75) is 24.7 Å². The van der Waals surface area contributed by atoms with E-state index in [0.717, 1.165) is 6.42 Å². The van der Waals surface area contributed by atoms with Crippen molar-refractivity contribution >= 4 is 27.7 Å². The Kier molecular flexibility index (Phi) is 5.26. The van der Waals surface area contributed by atoms with Crippen LogP contribution in [0, 0.1) is 5.92 Å². The van der Waals surface area contributed by atoms with E-state index >= 15 is 0 Å². The number of amidine groups is 1. The summed E-state index contributed by atoms with van der Waals surface area (Å²) in [7, 11) is -3.68. The molecular weight excluding hydrogens is 358 g/mol. The summed E-state index contributed by atoms with van der Waals surface area (Å²) >= 11 is 0. The van der Waals surface area contributed by atoms with Gasteiger partial charge in [-0.25, -0.2) is 0 Å². The second-order valence-corrected chi connectivity index (χ2v) is 7.89. The molecule has 1 aromatic carbocycles. The summed E-state index contributed by atoms with van der Waals surface area (Å²) in [6.07, 6.45) is 1.42. The third-order valence-electron chi connectivity index (χ3n) is 4.39. The van der Waals surface area contributed by atoms with Crippen LogP contribution in [0.2, 0.25) is 0 Å². The Bertz CT molecular complexity index is 850. The number of rotatable bonds is 4. The van der Waals surface area contributed by atoms with E-state index in [4.69, 9.17) is 4.74 Å². The molecule has 0 aromatic heterocycles. The van der Waals surface area contributed by atoms with Crippen LogP contribution in [0.5, 0.6) is 0 Å². The zero-order valence-electron chi connectivity index (χ0n) is 14.5. The Hall–Kier alpha value is -2.42. The molecule has 8 nitrogen and oxygen atoms in total. The fourth-order valence-electron chi connectivity index (χ4n) is 3.18. The van der Waals surface area contributed by atoms with Crippen LogP contribution in [-0.2, 0) is 24.3 Å². The highest BCUT2D eigenvalue weighted by molar-refractivity contribution is 7.90. The third-order valence-corrected chi connectivity index (χ3v) is 5.71. The van der Waals surface area contributed by atoms with Crippen LogP contribution >= 0.6 is 0 Å². The van der Waals surface area contributed by atoms with Crippen molar-refractivity contribution in [3.63, 3.8) is 0 Å². The second kappa shape index (κ2) is 7.45. The quantitative estimate of drug-likeness (QED) is 0.604. The number of hydrogen-bond acceptors (Lipinski definition) is 6. The zero-order valence-corrected chi connectivity index (χ0v) is 15.3. The molecule has 1 fully saturated rings. The van der Waals surface area contributed by atoms with Gasteiger partial charge in [-0.3, -0.25) is 9.59 Å². The second-order valence-electron chi connectivity index (χ2n) is 6.32. The lowest BCUT2D eigenvalue weighted by atomic mass is 9.97. The van der Waals surface area contributed by atoms with Gasteiger partial charge in [0.1, 0.15) is 11.5 Å². The van der Waals surface area contributed by atoms with Gasteiger partial charge in [0.05, 0.1) is 12.5 Å². The molecule has 0 bridgehead atoms. The van der Waals surface area contributed by atoms with Gasteiger partial charge in [0.25, 0.3) is 10.0 Å². The number of esters is 1. The van der Waals surface area contributed by atoms with Crippen molar-refractivity contribution in [3.8, 4) is 0 Å². The summed E-state index contributed by atoms with van der Waals surface area (Å²) in [4.78, 5) is 25.1. The van der Waals surface area contributed by atoms with E-state index in [1.807, 2.05) is 4.90 Å². The first kappa shape index (κ1) is 18.4. The Morgan fingerprint density at radius 2 is 2.12 bits per heavy atom. The summed E-state index contributed by atoms with van der Waals surface area (Å²) in [6.45, 7) is 2.79. The van der Waals surface area contributed by atoms with Gasteiger partial charge in [0.15, 0.2) is 5.84 Å². The first-order valence-electron chi connectivity index (χ1n) is 8.49. The summed E-state index contributed by atoms with van der Waals surface area (Å²) in [6, 6.07) is 6.71. The maximum Gasteiger partial charge on any atom is 0.310 e. The van der Waals surface area contributed by atoms with E-state index in [1.165, 1.54) is 6.92 Å². The molecular formula is C17H21N3O5S. The average Bonchev–Trinajstić information content (AvgIpc) is 2.90. The van der Waals surface area contributed by atoms with Gasteiger partial charge in [-0.15, -0.1) is 4.40 Å². The smallest absolute Gasteiger partial charge is 0.310 e. The maximum atomic E-state index is 12.3. The van der Waals surface area contributed by atoms with Crippen molar-refractivity contribution in [1.29, 1.82) is 0 Å². The van der Waals surface area contributed by atoms with Crippen molar-refractivity contribution < 1.29 is 22.7 Å². The highest BCUT2D eigenvalue weighted by atomic mass is 32.2. The molecule has 1 aromatic rings. The minimum atomic E-state index is -3.68. The molecule has 3 rings (SSSR count). The minimum Gasteiger partial charge on any atom is -0.464 e. The van der Waals surface area contributed by atoms with Crippen molar-refractivity contribution in [1.82, 2.24) is 10.2 Å². The molecule has 0 aliphatic carbocycles. The molecule has 0 saturated carbocycles. The van der Waals surface area contributed by atoms with E-state index in [9.17, 15) is 18.0 Å². The Labute approximate surface area is 152 Å². The van der Waals surface area contributed by atoms with Gasteiger partial charge in [-0.2, -0.15) is 8.42 Å². The van der Waals surface area contributed by atoms with Gasteiger partial charge in [0, 0.05) is 25.6 Å². The number of piperidine rings is 1. The largest absolute Gasteiger partial charge is 0.464 e. The van der Waals surface area contributed by atoms with Gasteiger partial charge in [-0.05, 0) is 25.0 Å². The molecule has 26 heavy (non-hydrogen) atoms. The molecule has 0 spiro atoms. The van der Waals surface area contributed by atoms with E-state index in [2.05, 4.69) is 9.71 Å². The number of hydrogen-bond donors (Lipinski definition) is 1. The predicted octanol–water partition coefficient (Wildman–Crippen LogP) is 0.527. The third kappa shape index (κ3) is 3.87. The number of nitrogens with one attached hydrogen (secondary N) is 1. The number of benzene rings is 1. The van der Waals surface area contributed by atoms with Crippen LogP contribution in [0.25, 0.3) is 0 Å². The first-order valence-corrected chi connectivity index (χ1v) is 9.93. The van der Waals surface area contributed by atoms with Crippen LogP contribution in [0.15, 0.2) is 33.6 Å². The van der Waals surface area contributed by atoms with Crippen LogP contribution in [0.4, 0.5) is 0 Å². The maximum absolute atomic E-state index is 12.3. The molecule has 1 atom stereocenters. The van der Waals surface area contributed by atoms with Gasteiger partial charge < -0.3 is 15.0 Å². The Balaban J connectivity index is 1.66. The van der Waals surface area contributed by atoms with Gasteiger partial charge in [0.2, 0.25) is 5.91 Å². The molecule has 2 aliphatic heterocycles. The number of sulfonamides is 1. The minimum absolute atomic E-state index is 0.118. The number of ether oxygens (including phenoxy) is 1. The molecule has 1 amide bonds. The molecule has 2 aliphatic rings. The van der Waals surface area contributed by atoms with E-state index in [1.54, 1.807) is 24.3 Å². The lowest BCUT2D eigenvalue weighted by Gasteiger charge is -2.32. The number of carbonyl (C=O) groups is 2. The predicted molar refractivity (Wildman–Crippen MR) is 94.1 cm³/mol. The topological polar surface area (TPSA) is 105 Å². The van der Waals surface area contributed by atoms with E-state index in [-0.39, 0.29) is 35.8 Å². The van der Waals surface area contributed by atoms with Crippen LogP contribution < -0.4 is 5.32 Å². The molecule has 140 valence electrons. The van der Waals surface area contributed by atoms with Crippen molar-refractivity contribution in [3.05, 3.63) is 29.8 Å². The zero-order chi connectivity index (χ0) is 18.7. The number of amides is 1. The Morgan fingerprint density at radius 3 is 2.88 bits per heavy atom. The summed E-state index contributed by atoms with van der Waals surface area (Å²) in [5, 5.41) is 2.56. The highest BCUT2D eigenvalue weighted by Gasteiger charge is 2.35. The molecule has 2 heterocycles. The Morgan fingerprint density at radius 1 is 1.35 bits per heavy atom. The lowest BCUT2D eigenvalue weighted by Crippen LogP contribution is -2.43. The molecule has 1 N–H and O–H groups in total. The fraction of sp³-hybridized carbons (Fsp3) is 0.471. The summed E-state index contributed by atoms with van der Waals surface area (Å²) in [5.41, 5.74) is 0.576. The van der Waals surface area contributed by atoms with Crippen LogP contribution in [-0.4, -0.2) is 57.3 Å². The molecule has 9 heteroatoms. The van der Waals surface area contributed by atoms with E-state index < -0.39 is 10.0 Å². The first-order chi connectivity index (χ1) is 12.4. The van der Waals surface area contributed by atoms with Gasteiger partial charge >= 0.3 is 5.97 Å². The fourth-order valence-corrected chi connectivity index (χ4v) is 4.40. The SMILES string of the molecule is CC(=O)NCCOC(=O)[C@@H]1CCCN(C2=NS(=O)(=O)c3ccccc32)C1. The van der Waals surface area contributed by atoms with Crippen molar-refractivity contribution in [2.75, 3.05) is 26.2 Å². The highest BCUT2D eigenvalue weighted by Crippen LogP contribution is 2.29. The monoisotopic (exact) mass is 379 g/mol.